The van der Waals surface area contributed by atoms with Crippen molar-refractivity contribution in [3.63, 3.8) is 0 Å². The minimum Gasteiger partial charge on any atom is -0.465 e. The van der Waals surface area contributed by atoms with Crippen molar-refractivity contribution in [3.8, 4) is 22.4 Å². The Morgan fingerprint density at radius 2 is 1.72 bits per heavy atom. The van der Waals surface area contributed by atoms with Crippen molar-refractivity contribution in [1.82, 2.24) is 24.5 Å². The van der Waals surface area contributed by atoms with E-state index in [1.165, 1.54) is 7.11 Å². The molecule has 10 nitrogen and oxygen atoms in total. The lowest BCUT2D eigenvalue weighted by molar-refractivity contribution is -0.0366. The molecule has 1 atom stereocenters. The molecule has 0 saturated carbocycles. The monoisotopic (exact) mass is 647 g/mol. The number of esters is 1. The molecule has 1 amide bonds. The van der Waals surface area contributed by atoms with Gasteiger partial charge in [0.2, 0.25) is 0 Å². The average molecular weight is 648 g/mol. The molecule has 2 saturated heterocycles. The first-order valence-electron chi connectivity index (χ1n) is 16.0. The highest BCUT2D eigenvalue weighted by Crippen LogP contribution is 2.45. The summed E-state index contributed by atoms with van der Waals surface area (Å²) >= 11 is 7.20. The molecule has 2 fully saturated rings. The first-order chi connectivity index (χ1) is 22.0. The van der Waals surface area contributed by atoms with Crippen molar-refractivity contribution >= 4 is 34.6 Å². The van der Waals surface area contributed by atoms with E-state index in [4.69, 9.17) is 36.0 Å². The van der Waals surface area contributed by atoms with Gasteiger partial charge in [-0.25, -0.2) is 14.3 Å². The molecule has 6 rings (SSSR count). The van der Waals surface area contributed by atoms with Crippen LogP contribution in [0.3, 0.4) is 0 Å². The fourth-order valence-electron chi connectivity index (χ4n) is 6.56. The number of halogens is 1. The molecule has 2 aliphatic rings. The minimum atomic E-state index is -0.547. The summed E-state index contributed by atoms with van der Waals surface area (Å²) < 4.78 is 20.7. The molecule has 0 bridgehead atoms. The summed E-state index contributed by atoms with van der Waals surface area (Å²) in [4.78, 5) is 26.8. The number of rotatable bonds is 5. The normalized spacial score (nSPS) is 17.8. The van der Waals surface area contributed by atoms with E-state index < -0.39 is 11.6 Å². The molecule has 2 aliphatic heterocycles. The van der Waals surface area contributed by atoms with Crippen molar-refractivity contribution in [2.75, 3.05) is 26.8 Å². The summed E-state index contributed by atoms with van der Waals surface area (Å²) in [5.74, 6) is -0.397. The van der Waals surface area contributed by atoms with Gasteiger partial charge in [-0.1, -0.05) is 23.7 Å². The zero-order chi connectivity index (χ0) is 32.7. The number of ether oxygens (including phenoxy) is 3. The number of carbonyl (C=O) groups excluding carboxylic acids is 2. The number of likely N-dealkylation sites (tertiary alicyclic amines) is 1. The second-order valence-corrected chi connectivity index (χ2v) is 13.6. The summed E-state index contributed by atoms with van der Waals surface area (Å²) in [6, 6.07) is 9.45. The highest BCUT2D eigenvalue weighted by Gasteiger charge is 2.32. The lowest BCUT2D eigenvalue weighted by Crippen LogP contribution is -2.42. The van der Waals surface area contributed by atoms with E-state index in [1.807, 2.05) is 50.7 Å². The zero-order valence-electron chi connectivity index (χ0n) is 27.4. The predicted molar refractivity (Wildman–Crippen MR) is 177 cm³/mol. The van der Waals surface area contributed by atoms with Gasteiger partial charge in [-0.05, 0) is 90.5 Å². The smallest absolute Gasteiger partial charge is 0.410 e. The molecule has 244 valence electrons. The Balaban J connectivity index is 1.45. The number of carbonyl (C=O) groups is 2. The van der Waals surface area contributed by atoms with Crippen molar-refractivity contribution < 1.29 is 23.8 Å². The van der Waals surface area contributed by atoms with E-state index in [2.05, 4.69) is 17.7 Å². The molecule has 4 heterocycles. The lowest BCUT2D eigenvalue weighted by atomic mass is 9.94. The molecule has 0 aliphatic carbocycles. The van der Waals surface area contributed by atoms with Gasteiger partial charge in [-0.15, -0.1) is 0 Å². The molecule has 2 aromatic carbocycles. The number of methoxy groups -OCH3 is 1. The van der Waals surface area contributed by atoms with Crippen LogP contribution >= 0.6 is 11.6 Å². The molecule has 0 radical (unpaired) electrons. The summed E-state index contributed by atoms with van der Waals surface area (Å²) in [6.07, 6.45) is 5.99. The van der Waals surface area contributed by atoms with E-state index in [0.29, 0.717) is 23.7 Å². The van der Waals surface area contributed by atoms with Crippen LogP contribution in [0.2, 0.25) is 5.02 Å². The number of hydrogen-bond donors (Lipinski definition) is 0. The number of aryl methyl sites for hydroxylation is 1. The maximum atomic E-state index is 12.8. The van der Waals surface area contributed by atoms with Gasteiger partial charge in [0, 0.05) is 47.5 Å². The van der Waals surface area contributed by atoms with Crippen LogP contribution in [0.25, 0.3) is 33.3 Å². The lowest BCUT2D eigenvalue weighted by Gasteiger charge is -2.34. The standard InChI is InChI=1S/C35H42ClN5O5/c1-21-19-27-26(20-37-41(27)28-9-7-8-18-45-28)30(31(21)36)29-22(2)40(25-14-16-39(17-15-25)34(43)46-35(3,4)5)38-32(29)23-10-12-24(13-11-23)33(42)44-6/h10-13,19-20,25,28H,7-9,14-18H2,1-6H3. The molecule has 1 unspecified atom stereocenters. The number of benzene rings is 2. The van der Waals surface area contributed by atoms with Crippen molar-refractivity contribution in [1.29, 1.82) is 0 Å². The largest absolute Gasteiger partial charge is 0.465 e. The SMILES string of the molecule is COC(=O)c1ccc(-c2nn(C3CCN(C(=O)OC(C)(C)C)CC3)c(C)c2-c2c(Cl)c(C)cc3c2cnn3C2CCCCO2)cc1. The van der Waals surface area contributed by atoms with Gasteiger partial charge in [-0.3, -0.25) is 4.68 Å². The van der Waals surface area contributed by atoms with Crippen LogP contribution in [-0.2, 0) is 14.2 Å². The molecular weight excluding hydrogens is 606 g/mol. The molecule has 11 heteroatoms. The first-order valence-corrected chi connectivity index (χ1v) is 16.4. The fraction of sp³-hybridized carbons (Fsp3) is 0.486. The number of piperidine rings is 1. The Morgan fingerprint density at radius 3 is 2.35 bits per heavy atom. The van der Waals surface area contributed by atoms with Crippen molar-refractivity contribution in [2.45, 2.75) is 84.6 Å². The quantitative estimate of drug-likeness (QED) is 0.203. The number of nitrogens with zero attached hydrogens (tertiary/aromatic N) is 5. The van der Waals surface area contributed by atoms with Crippen LogP contribution in [0, 0.1) is 13.8 Å². The van der Waals surface area contributed by atoms with Gasteiger partial charge in [0.15, 0.2) is 6.23 Å². The van der Waals surface area contributed by atoms with Gasteiger partial charge < -0.3 is 19.1 Å². The molecule has 0 spiro atoms. The van der Waals surface area contributed by atoms with Gasteiger partial charge >= 0.3 is 12.1 Å². The summed E-state index contributed by atoms with van der Waals surface area (Å²) in [5, 5.41) is 11.6. The zero-order valence-corrected chi connectivity index (χ0v) is 28.2. The maximum Gasteiger partial charge on any atom is 0.410 e. The fourth-order valence-corrected chi connectivity index (χ4v) is 6.81. The predicted octanol–water partition coefficient (Wildman–Crippen LogP) is 7.89. The van der Waals surface area contributed by atoms with Gasteiger partial charge in [0.25, 0.3) is 0 Å². The molecular formula is C35H42ClN5O5. The first kappa shape index (κ1) is 32.1. The highest BCUT2D eigenvalue weighted by molar-refractivity contribution is 6.36. The van der Waals surface area contributed by atoms with Crippen LogP contribution in [-0.4, -0.2) is 68.9 Å². The Hall–Kier alpha value is -3.89. The van der Waals surface area contributed by atoms with E-state index in [-0.39, 0.29) is 18.4 Å². The highest BCUT2D eigenvalue weighted by atomic mass is 35.5. The Kier molecular flexibility index (Phi) is 8.87. The Bertz CT molecular complexity index is 1760. The average Bonchev–Trinajstić information content (AvgIpc) is 3.62. The third-order valence-corrected chi connectivity index (χ3v) is 9.38. The van der Waals surface area contributed by atoms with Gasteiger partial charge in [-0.2, -0.15) is 10.2 Å². The topological polar surface area (TPSA) is 101 Å². The number of hydrogen-bond acceptors (Lipinski definition) is 7. The second-order valence-electron chi connectivity index (χ2n) is 13.2. The molecule has 4 aromatic rings. The van der Waals surface area contributed by atoms with Crippen molar-refractivity contribution in [3.05, 3.63) is 58.4 Å². The van der Waals surface area contributed by atoms with Crippen molar-refractivity contribution in [2.24, 2.45) is 0 Å². The Morgan fingerprint density at radius 1 is 1.00 bits per heavy atom. The van der Waals surface area contributed by atoms with Crippen LogP contribution < -0.4 is 0 Å². The third kappa shape index (κ3) is 6.12. The second kappa shape index (κ2) is 12.7. The summed E-state index contributed by atoms with van der Waals surface area (Å²) in [5.41, 5.74) is 6.20. The molecule has 0 N–H and O–H groups in total. The molecule has 46 heavy (non-hydrogen) atoms. The summed E-state index contributed by atoms with van der Waals surface area (Å²) in [7, 11) is 1.37. The number of fused-ring (bicyclic) bond motifs is 1. The Labute approximate surface area is 274 Å². The van der Waals surface area contributed by atoms with E-state index in [9.17, 15) is 9.59 Å². The minimum absolute atomic E-state index is 0.0676. The van der Waals surface area contributed by atoms with Crippen LogP contribution in [0.15, 0.2) is 36.5 Å². The van der Waals surface area contributed by atoms with E-state index in [0.717, 1.165) is 83.3 Å². The number of amides is 1. The number of aromatic nitrogens is 4. The van der Waals surface area contributed by atoms with E-state index in [1.54, 1.807) is 17.0 Å². The summed E-state index contributed by atoms with van der Waals surface area (Å²) in [6.45, 7) is 11.6. The van der Waals surface area contributed by atoms with Crippen LogP contribution in [0.5, 0.6) is 0 Å². The maximum absolute atomic E-state index is 12.8. The molecule has 2 aromatic heterocycles. The third-order valence-electron chi connectivity index (χ3n) is 8.89. The van der Waals surface area contributed by atoms with Crippen LogP contribution in [0.1, 0.15) is 86.8 Å². The van der Waals surface area contributed by atoms with E-state index >= 15 is 0 Å². The van der Waals surface area contributed by atoms with Gasteiger partial charge in [0.1, 0.15) is 11.3 Å². The van der Waals surface area contributed by atoms with Gasteiger partial charge in [0.05, 0.1) is 35.5 Å². The van der Waals surface area contributed by atoms with Crippen LogP contribution in [0.4, 0.5) is 4.79 Å².